The fourth-order valence-electron chi connectivity index (χ4n) is 4.96. The molecule has 3 heteroatoms. The van der Waals surface area contributed by atoms with Crippen molar-refractivity contribution >= 4 is 16.7 Å². The second-order valence-corrected chi connectivity index (χ2v) is 8.15. The van der Waals surface area contributed by atoms with Crippen LogP contribution in [0.3, 0.4) is 0 Å². The van der Waals surface area contributed by atoms with Crippen LogP contribution < -0.4 is 4.74 Å². The average molecular weight is 366 g/mol. The Morgan fingerprint density at radius 2 is 1.41 bits per heavy atom. The third-order valence-electron chi connectivity index (χ3n) is 6.32. The van der Waals surface area contributed by atoms with Crippen molar-refractivity contribution in [3.05, 3.63) is 42.5 Å². The molecule has 1 amide bonds. The summed E-state index contributed by atoms with van der Waals surface area (Å²) in [6.07, 6.45) is 12.3. The third kappa shape index (κ3) is 4.28. The Kier molecular flexibility index (Phi) is 5.96. The summed E-state index contributed by atoms with van der Waals surface area (Å²) in [4.78, 5) is 15.5. The zero-order valence-corrected chi connectivity index (χ0v) is 16.2. The second kappa shape index (κ2) is 8.77. The zero-order valence-electron chi connectivity index (χ0n) is 16.2. The standard InChI is InChI=1S/C24H31NO2/c26-24(18-27-23-17-9-11-19-10-7-8-16-22(19)23)25(20-12-3-1-4-13-20)21-14-5-2-6-15-21/h7-11,16-17,20-21H,1-6,12-15,18H2. The molecular weight excluding hydrogens is 334 g/mol. The maximum Gasteiger partial charge on any atom is 0.261 e. The summed E-state index contributed by atoms with van der Waals surface area (Å²) < 4.78 is 6.05. The van der Waals surface area contributed by atoms with E-state index in [0.29, 0.717) is 12.1 Å². The van der Waals surface area contributed by atoms with E-state index in [4.69, 9.17) is 4.74 Å². The van der Waals surface area contributed by atoms with Gasteiger partial charge in [-0.2, -0.15) is 0 Å². The molecule has 2 aliphatic rings. The summed E-state index contributed by atoms with van der Waals surface area (Å²) >= 11 is 0. The Bertz CT molecular complexity index is 737. The summed E-state index contributed by atoms with van der Waals surface area (Å²) in [6, 6.07) is 15.1. The molecule has 0 aromatic heterocycles. The highest BCUT2D eigenvalue weighted by atomic mass is 16.5. The highest BCUT2D eigenvalue weighted by Gasteiger charge is 2.32. The molecule has 0 unspecified atom stereocenters. The van der Waals surface area contributed by atoms with E-state index in [-0.39, 0.29) is 12.5 Å². The lowest BCUT2D eigenvalue weighted by molar-refractivity contribution is -0.140. The van der Waals surface area contributed by atoms with Crippen molar-refractivity contribution in [2.45, 2.75) is 76.3 Å². The number of hydrogen-bond donors (Lipinski definition) is 0. The van der Waals surface area contributed by atoms with E-state index in [1.54, 1.807) is 0 Å². The van der Waals surface area contributed by atoms with Gasteiger partial charge in [0.05, 0.1) is 0 Å². The number of benzene rings is 2. The van der Waals surface area contributed by atoms with Crippen LogP contribution in [0.15, 0.2) is 42.5 Å². The van der Waals surface area contributed by atoms with Crippen LogP contribution in [0.1, 0.15) is 64.2 Å². The van der Waals surface area contributed by atoms with E-state index in [2.05, 4.69) is 23.1 Å². The van der Waals surface area contributed by atoms with Gasteiger partial charge in [-0.1, -0.05) is 74.9 Å². The molecule has 0 radical (unpaired) electrons. The van der Waals surface area contributed by atoms with Crippen molar-refractivity contribution in [1.82, 2.24) is 4.90 Å². The molecular formula is C24H31NO2. The highest BCUT2D eigenvalue weighted by molar-refractivity contribution is 5.88. The van der Waals surface area contributed by atoms with E-state index in [0.717, 1.165) is 42.2 Å². The van der Waals surface area contributed by atoms with Gasteiger partial charge in [-0.05, 0) is 37.1 Å². The Labute approximate surface area is 162 Å². The first-order valence-electron chi connectivity index (χ1n) is 10.7. The number of amides is 1. The van der Waals surface area contributed by atoms with Crippen molar-refractivity contribution in [2.75, 3.05) is 6.61 Å². The molecule has 144 valence electrons. The molecule has 0 N–H and O–H groups in total. The minimum atomic E-state index is 0.154. The molecule has 4 rings (SSSR count). The predicted molar refractivity (Wildman–Crippen MR) is 110 cm³/mol. The number of ether oxygens (including phenoxy) is 1. The Hall–Kier alpha value is -2.03. The third-order valence-corrected chi connectivity index (χ3v) is 6.32. The summed E-state index contributed by atoms with van der Waals surface area (Å²) in [5.74, 6) is 0.996. The number of carbonyl (C=O) groups is 1. The van der Waals surface area contributed by atoms with Crippen molar-refractivity contribution < 1.29 is 9.53 Å². The number of rotatable bonds is 5. The van der Waals surface area contributed by atoms with Crippen LogP contribution in [-0.4, -0.2) is 29.5 Å². The van der Waals surface area contributed by atoms with Gasteiger partial charge in [-0.25, -0.2) is 0 Å². The van der Waals surface area contributed by atoms with Crippen molar-refractivity contribution in [3.8, 4) is 5.75 Å². The van der Waals surface area contributed by atoms with Crippen LogP contribution in [0.4, 0.5) is 0 Å². The van der Waals surface area contributed by atoms with E-state index in [9.17, 15) is 4.79 Å². The normalized spacial score (nSPS) is 19.1. The quantitative estimate of drug-likeness (QED) is 0.679. The van der Waals surface area contributed by atoms with Gasteiger partial charge in [0.2, 0.25) is 0 Å². The lowest BCUT2D eigenvalue weighted by Gasteiger charge is -2.41. The maximum absolute atomic E-state index is 13.3. The lowest BCUT2D eigenvalue weighted by Crippen LogP contribution is -2.50. The SMILES string of the molecule is O=C(COc1cccc2ccccc12)N(C1CCCCC1)C1CCCCC1. The van der Waals surface area contributed by atoms with E-state index < -0.39 is 0 Å². The Morgan fingerprint density at radius 1 is 0.815 bits per heavy atom. The number of carbonyl (C=O) groups excluding carboxylic acids is 1. The molecule has 2 aromatic carbocycles. The van der Waals surface area contributed by atoms with Crippen LogP contribution in [0.5, 0.6) is 5.75 Å². The lowest BCUT2D eigenvalue weighted by atomic mass is 9.88. The first-order chi connectivity index (χ1) is 13.3. The smallest absolute Gasteiger partial charge is 0.261 e. The molecule has 2 saturated carbocycles. The van der Waals surface area contributed by atoms with E-state index >= 15 is 0 Å². The minimum absolute atomic E-state index is 0.154. The van der Waals surface area contributed by atoms with Gasteiger partial charge in [-0.3, -0.25) is 4.79 Å². The largest absolute Gasteiger partial charge is 0.483 e. The van der Waals surface area contributed by atoms with Crippen LogP contribution in [0, 0.1) is 0 Å². The van der Waals surface area contributed by atoms with E-state index in [1.807, 2.05) is 24.3 Å². The van der Waals surface area contributed by atoms with Crippen molar-refractivity contribution in [2.24, 2.45) is 0 Å². The fraction of sp³-hybridized carbons (Fsp3) is 0.542. The fourth-order valence-corrected chi connectivity index (χ4v) is 4.96. The first kappa shape index (κ1) is 18.3. The molecule has 27 heavy (non-hydrogen) atoms. The van der Waals surface area contributed by atoms with Gasteiger partial charge in [-0.15, -0.1) is 0 Å². The van der Waals surface area contributed by atoms with Gasteiger partial charge in [0.25, 0.3) is 5.91 Å². The van der Waals surface area contributed by atoms with Gasteiger partial charge in [0.1, 0.15) is 5.75 Å². The molecule has 2 aromatic rings. The van der Waals surface area contributed by atoms with Gasteiger partial charge < -0.3 is 9.64 Å². The summed E-state index contributed by atoms with van der Waals surface area (Å²) in [7, 11) is 0. The van der Waals surface area contributed by atoms with Gasteiger partial charge in [0, 0.05) is 17.5 Å². The van der Waals surface area contributed by atoms with Gasteiger partial charge in [0.15, 0.2) is 6.61 Å². The zero-order chi connectivity index (χ0) is 18.5. The molecule has 0 atom stereocenters. The molecule has 0 heterocycles. The molecule has 0 aliphatic heterocycles. The van der Waals surface area contributed by atoms with Crippen LogP contribution >= 0.6 is 0 Å². The highest BCUT2D eigenvalue weighted by Crippen LogP contribution is 2.31. The summed E-state index contributed by atoms with van der Waals surface area (Å²) in [5, 5.41) is 2.23. The second-order valence-electron chi connectivity index (χ2n) is 8.15. The monoisotopic (exact) mass is 365 g/mol. The predicted octanol–water partition coefficient (Wildman–Crippen LogP) is 5.71. The molecule has 0 saturated heterocycles. The molecule has 2 aliphatic carbocycles. The van der Waals surface area contributed by atoms with Gasteiger partial charge >= 0.3 is 0 Å². The van der Waals surface area contributed by atoms with E-state index in [1.165, 1.54) is 38.5 Å². The van der Waals surface area contributed by atoms with Crippen LogP contribution in [0.2, 0.25) is 0 Å². The average Bonchev–Trinajstić information content (AvgIpc) is 2.74. The molecule has 0 spiro atoms. The number of fused-ring (bicyclic) bond motifs is 1. The number of hydrogen-bond acceptors (Lipinski definition) is 2. The first-order valence-corrected chi connectivity index (χ1v) is 10.7. The topological polar surface area (TPSA) is 29.5 Å². The maximum atomic E-state index is 13.3. The summed E-state index contributed by atoms with van der Waals surface area (Å²) in [6.45, 7) is 0.154. The molecule has 3 nitrogen and oxygen atoms in total. The number of nitrogens with zero attached hydrogens (tertiary/aromatic N) is 1. The minimum Gasteiger partial charge on any atom is -0.483 e. The molecule has 2 fully saturated rings. The Morgan fingerprint density at radius 3 is 2.07 bits per heavy atom. The Balaban J connectivity index is 1.48. The summed E-state index contributed by atoms with van der Waals surface area (Å²) in [5.41, 5.74) is 0. The van der Waals surface area contributed by atoms with Crippen LogP contribution in [-0.2, 0) is 4.79 Å². The molecule has 0 bridgehead atoms. The van der Waals surface area contributed by atoms with Crippen LogP contribution in [0.25, 0.3) is 10.8 Å². The van der Waals surface area contributed by atoms with Crippen molar-refractivity contribution in [3.63, 3.8) is 0 Å². The van der Waals surface area contributed by atoms with Crippen molar-refractivity contribution in [1.29, 1.82) is 0 Å².